The van der Waals surface area contributed by atoms with Crippen molar-refractivity contribution in [2.24, 2.45) is 0 Å². The van der Waals surface area contributed by atoms with Gasteiger partial charge in [0.1, 0.15) is 6.04 Å². The van der Waals surface area contributed by atoms with Crippen LogP contribution in [-0.2, 0) is 9.59 Å². The van der Waals surface area contributed by atoms with E-state index in [1.54, 1.807) is 24.3 Å². The highest BCUT2D eigenvalue weighted by Crippen LogP contribution is 1.99. The topological polar surface area (TPSA) is 95.5 Å². The third-order valence-corrected chi connectivity index (χ3v) is 2.88. The SMILES string of the molecule is CCCC(NC(=O)CCNC(=O)c1ccccc1)C(=O)O. The molecular weight excluding hydrogens is 272 g/mol. The van der Waals surface area contributed by atoms with Crippen molar-refractivity contribution in [3.8, 4) is 0 Å². The average molecular weight is 292 g/mol. The maximum Gasteiger partial charge on any atom is 0.326 e. The molecule has 0 heterocycles. The first kappa shape index (κ1) is 16.7. The maximum atomic E-state index is 11.7. The first-order chi connectivity index (χ1) is 10.0. The maximum absolute atomic E-state index is 11.7. The number of carboxylic acid groups (broad SMARTS) is 1. The van der Waals surface area contributed by atoms with Gasteiger partial charge in [-0.05, 0) is 18.6 Å². The smallest absolute Gasteiger partial charge is 0.326 e. The number of benzene rings is 1. The molecule has 0 fully saturated rings. The van der Waals surface area contributed by atoms with E-state index in [-0.39, 0.29) is 24.8 Å². The number of hydrogen-bond acceptors (Lipinski definition) is 3. The number of carbonyl (C=O) groups is 3. The van der Waals surface area contributed by atoms with E-state index >= 15 is 0 Å². The summed E-state index contributed by atoms with van der Waals surface area (Å²) in [5, 5.41) is 14.0. The molecule has 0 bridgehead atoms. The minimum Gasteiger partial charge on any atom is -0.480 e. The Morgan fingerprint density at radius 1 is 1.19 bits per heavy atom. The van der Waals surface area contributed by atoms with Crippen molar-refractivity contribution in [2.75, 3.05) is 6.54 Å². The van der Waals surface area contributed by atoms with Gasteiger partial charge in [0.2, 0.25) is 5.91 Å². The van der Waals surface area contributed by atoms with Crippen molar-refractivity contribution in [2.45, 2.75) is 32.2 Å². The van der Waals surface area contributed by atoms with Crippen molar-refractivity contribution in [1.29, 1.82) is 0 Å². The summed E-state index contributed by atoms with van der Waals surface area (Å²) in [6.07, 6.45) is 1.10. The molecule has 114 valence electrons. The Morgan fingerprint density at radius 2 is 1.86 bits per heavy atom. The Labute approximate surface area is 123 Å². The highest BCUT2D eigenvalue weighted by Gasteiger charge is 2.18. The molecule has 0 spiro atoms. The molecule has 0 aliphatic rings. The van der Waals surface area contributed by atoms with Gasteiger partial charge in [0.05, 0.1) is 0 Å². The molecular formula is C15H20N2O4. The molecule has 21 heavy (non-hydrogen) atoms. The van der Waals surface area contributed by atoms with E-state index in [9.17, 15) is 14.4 Å². The molecule has 1 aromatic rings. The van der Waals surface area contributed by atoms with Crippen LogP contribution in [0.4, 0.5) is 0 Å². The number of hydrogen-bond donors (Lipinski definition) is 3. The van der Waals surface area contributed by atoms with Crippen LogP contribution in [0, 0.1) is 0 Å². The van der Waals surface area contributed by atoms with Gasteiger partial charge in [-0.3, -0.25) is 9.59 Å². The monoisotopic (exact) mass is 292 g/mol. The summed E-state index contributed by atoms with van der Waals surface area (Å²) in [4.78, 5) is 34.3. The second kappa shape index (κ2) is 8.73. The molecule has 1 unspecified atom stereocenters. The number of nitrogens with one attached hydrogen (secondary N) is 2. The van der Waals surface area contributed by atoms with Crippen molar-refractivity contribution in [3.05, 3.63) is 35.9 Å². The molecule has 1 rings (SSSR count). The first-order valence-electron chi connectivity index (χ1n) is 6.90. The highest BCUT2D eigenvalue weighted by atomic mass is 16.4. The van der Waals surface area contributed by atoms with Gasteiger partial charge in [-0.1, -0.05) is 31.5 Å². The largest absolute Gasteiger partial charge is 0.480 e. The molecule has 2 amide bonds. The lowest BCUT2D eigenvalue weighted by Crippen LogP contribution is -2.41. The summed E-state index contributed by atoms with van der Waals surface area (Å²) in [6.45, 7) is 2.01. The number of rotatable bonds is 8. The molecule has 0 saturated heterocycles. The normalized spacial score (nSPS) is 11.5. The zero-order valence-corrected chi connectivity index (χ0v) is 12.0. The Bertz CT molecular complexity index is 488. The summed E-state index contributed by atoms with van der Waals surface area (Å²) in [5.41, 5.74) is 0.521. The molecule has 6 heteroatoms. The van der Waals surface area contributed by atoms with Crippen LogP contribution in [0.2, 0.25) is 0 Å². The van der Waals surface area contributed by atoms with Crippen LogP contribution in [0.3, 0.4) is 0 Å². The minimum absolute atomic E-state index is 0.0477. The van der Waals surface area contributed by atoms with Crippen LogP contribution in [-0.4, -0.2) is 35.5 Å². The fourth-order valence-corrected chi connectivity index (χ4v) is 1.79. The Hall–Kier alpha value is -2.37. The molecule has 0 saturated carbocycles. The van der Waals surface area contributed by atoms with Gasteiger partial charge in [0, 0.05) is 18.5 Å². The predicted octanol–water partition coefficient (Wildman–Crippen LogP) is 1.18. The molecule has 3 N–H and O–H groups in total. The summed E-state index contributed by atoms with van der Waals surface area (Å²) in [7, 11) is 0. The van der Waals surface area contributed by atoms with E-state index in [0.29, 0.717) is 18.4 Å². The van der Waals surface area contributed by atoms with Gasteiger partial charge in [-0.25, -0.2) is 4.79 Å². The van der Waals surface area contributed by atoms with E-state index in [4.69, 9.17) is 5.11 Å². The van der Waals surface area contributed by atoms with Crippen LogP contribution in [0.15, 0.2) is 30.3 Å². The van der Waals surface area contributed by atoms with Crippen molar-refractivity contribution in [3.63, 3.8) is 0 Å². The van der Waals surface area contributed by atoms with Crippen LogP contribution in [0.25, 0.3) is 0 Å². The molecule has 1 atom stereocenters. The lowest BCUT2D eigenvalue weighted by Gasteiger charge is -2.13. The minimum atomic E-state index is -1.04. The standard InChI is InChI=1S/C15H20N2O4/c1-2-6-12(15(20)21)17-13(18)9-10-16-14(19)11-7-4-3-5-8-11/h3-5,7-8,12H,2,6,9-10H2,1H3,(H,16,19)(H,17,18)(H,20,21). The summed E-state index contributed by atoms with van der Waals surface area (Å²) < 4.78 is 0. The third-order valence-electron chi connectivity index (χ3n) is 2.88. The van der Waals surface area contributed by atoms with E-state index < -0.39 is 12.0 Å². The quantitative estimate of drug-likeness (QED) is 0.670. The van der Waals surface area contributed by atoms with Crippen molar-refractivity contribution in [1.82, 2.24) is 10.6 Å². The van der Waals surface area contributed by atoms with E-state index in [2.05, 4.69) is 10.6 Å². The highest BCUT2D eigenvalue weighted by molar-refractivity contribution is 5.94. The zero-order valence-electron chi connectivity index (χ0n) is 12.0. The van der Waals surface area contributed by atoms with Gasteiger partial charge in [-0.2, -0.15) is 0 Å². The van der Waals surface area contributed by atoms with Crippen LogP contribution >= 0.6 is 0 Å². The van der Waals surface area contributed by atoms with Crippen LogP contribution in [0.5, 0.6) is 0 Å². The second-order valence-corrected chi connectivity index (χ2v) is 4.62. The van der Waals surface area contributed by atoms with Crippen molar-refractivity contribution >= 4 is 17.8 Å². The Kier molecular flexibility index (Phi) is 6.94. The van der Waals surface area contributed by atoms with Gasteiger partial charge in [0.25, 0.3) is 5.91 Å². The Balaban J connectivity index is 2.33. The first-order valence-corrected chi connectivity index (χ1v) is 6.90. The van der Waals surface area contributed by atoms with Gasteiger partial charge >= 0.3 is 5.97 Å². The Morgan fingerprint density at radius 3 is 2.43 bits per heavy atom. The van der Waals surface area contributed by atoms with Gasteiger partial charge in [0.15, 0.2) is 0 Å². The third kappa shape index (κ3) is 6.07. The second-order valence-electron chi connectivity index (χ2n) is 4.62. The molecule has 0 aliphatic heterocycles. The molecule has 1 aromatic carbocycles. The molecule has 6 nitrogen and oxygen atoms in total. The lowest BCUT2D eigenvalue weighted by molar-refractivity contribution is -0.142. The molecule has 0 aliphatic carbocycles. The van der Waals surface area contributed by atoms with Crippen molar-refractivity contribution < 1.29 is 19.5 Å². The van der Waals surface area contributed by atoms with E-state index in [1.165, 1.54) is 0 Å². The fraction of sp³-hybridized carbons (Fsp3) is 0.400. The number of aliphatic carboxylic acids is 1. The van der Waals surface area contributed by atoms with Gasteiger partial charge < -0.3 is 15.7 Å². The zero-order chi connectivity index (χ0) is 15.7. The number of amides is 2. The van der Waals surface area contributed by atoms with E-state index in [1.807, 2.05) is 13.0 Å². The number of carbonyl (C=O) groups excluding carboxylic acids is 2. The summed E-state index contributed by atoms with van der Waals surface area (Å²) >= 11 is 0. The number of carboxylic acids is 1. The molecule has 0 radical (unpaired) electrons. The summed E-state index contributed by atoms with van der Waals surface area (Å²) in [5.74, 6) is -1.69. The fourth-order valence-electron chi connectivity index (χ4n) is 1.79. The van der Waals surface area contributed by atoms with E-state index in [0.717, 1.165) is 0 Å². The lowest BCUT2D eigenvalue weighted by atomic mass is 10.1. The molecule has 0 aromatic heterocycles. The van der Waals surface area contributed by atoms with Crippen LogP contribution < -0.4 is 10.6 Å². The van der Waals surface area contributed by atoms with Gasteiger partial charge in [-0.15, -0.1) is 0 Å². The summed E-state index contributed by atoms with van der Waals surface area (Å²) in [6, 6.07) is 7.80. The average Bonchev–Trinajstić information content (AvgIpc) is 2.47. The predicted molar refractivity (Wildman–Crippen MR) is 77.9 cm³/mol. The van der Waals surface area contributed by atoms with Crippen LogP contribution in [0.1, 0.15) is 36.5 Å².